The maximum atomic E-state index is 12.6. The quantitative estimate of drug-likeness (QED) is 0.502. The Morgan fingerprint density at radius 1 is 1.17 bits per heavy atom. The molecule has 1 aromatic carbocycles. The molecule has 0 radical (unpaired) electrons. The molecular formula is C20H27BN2O6. The minimum absolute atomic E-state index is 0.0126. The summed E-state index contributed by atoms with van der Waals surface area (Å²) < 4.78 is 5.46. The second-order valence-electron chi connectivity index (χ2n) is 8.01. The Morgan fingerprint density at radius 3 is 2.55 bits per heavy atom. The topological polar surface area (TPSA) is 139 Å². The molecule has 0 aromatic heterocycles. The van der Waals surface area contributed by atoms with Crippen LogP contribution in [0.5, 0.6) is 5.75 Å². The highest BCUT2D eigenvalue weighted by atomic mass is 16.5. The summed E-state index contributed by atoms with van der Waals surface area (Å²) in [6.07, 6.45) is 4.46. The van der Waals surface area contributed by atoms with Gasteiger partial charge < -0.3 is 25.8 Å². The number of nitrogens with two attached hydrogens (primary N) is 1. The zero-order valence-corrected chi connectivity index (χ0v) is 16.3. The Morgan fingerprint density at radius 2 is 1.90 bits per heavy atom. The van der Waals surface area contributed by atoms with Gasteiger partial charge in [-0.15, -0.1) is 0 Å². The van der Waals surface area contributed by atoms with Gasteiger partial charge in [-0.1, -0.05) is 12.1 Å². The monoisotopic (exact) mass is 402 g/mol. The molecule has 1 saturated carbocycles. The van der Waals surface area contributed by atoms with Crippen LogP contribution < -0.4 is 15.7 Å². The molecule has 1 fully saturated rings. The van der Waals surface area contributed by atoms with Crippen LogP contribution >= 0.6 is 0 Å². The zero-order valence-electron chi connectivity index (χ0n) is 16.3. The van der Waals surface area contributed by atoms with Crippen molar-refractivity contribution in [3.8, 4) is 5.75 Å². The number of para-hydroxylation sites is 1. The number of benzene rings is 1. The molecule has 29 heavy (non-hydrogen) atoms. The smallest absolute Gasteiger partial charge is 0.526 e. The van der Waals surface area contributed by atoms with Gasteiger partial charge in [0, 0.05) is 24.7 Å². The number of nitrogens with one attached hydrogen (secondary N) is 1. The van der Waals surface area contributed by atoms with E-state index in [1.165, 1.54) is 6.07 Å². The number of carboxylic acids is 1. The third kappa shape index (κ3) is 5.36. The van der Waals surface area contributed by atoms with Gasteiger partial charge in [0.2, 0.25) is 5.91 Å². The first-order chi connectivity index (χ1) is 13.9. The Balaban J connectivity index is 1.51. The lowest BCUT2D eigenvalue weighted by Gasteiger charge is -2.30. The number of aromatic carboxylic acids is 1. The number of carbonyl (C=O) groups excluding carboxylic acids is 2. The first-order valence-corrected chi connectivity index (χ1v) is 10.1. The van der Waals surface area contributed by atoms with Gasteiger partial charge in [-0.25, -0.2) is 4.79 Å². The van der Waals surface area contributed by atoms with Gasteiger partial charge >= 0.3 is 13.1 Å². The van der Waals surface area contributed by atoms with Crippen LogP contribution in [-0.2, 0) is 16.0 Å². The van der Waals surface area contributed by atoms with Crippen molar-refractivity contribution in [1.29, 1.82) is 0 Å². The summed E-state index contributed by atoms with van der Waals surface area (Å²) in [7, 11) is -1.20. The minimum Gasteiger partial charge on any atom is -0.535 e. The first kappa shape index (κ1) is 21.3. The van der Waals surface area contributed by atoms with Gasteiger partial charge in [-0.05, 0) is 49.7 Å². The fraction of sp³-hybridized carbons (Fsp3) is 0.550. The van der Waals surface area contributed by atoms with E-state index in [9.17, 15) is 24.5 Å². The summed E-state index contributed by atoms with van der Waals surface area (Å²) in [5.74, 6) is -1.11. The van der Waals surface area contributed by atoms with Gasteiger partial charge in [0.15, 0.2) is 0 Å². The molecule has 8 nitrogen and oxygen atoms in total. The lowest BCUT2D eigenvalue weighted by molar-refractivity contribution is -0.122. The third-order valence-corrected chi connectivity index (χ3v) is 5.85. The van der Waals surface area contributed by atoms with E-state index in [-0.39, 0.29) is 53.7 Å². The second kappa shape index (κ2) is 9.41. The number of carbonyl (C=O) groups is 3. The van der Waals surface area contributed by atoms with Crippen molar-refractivity contribution in [2.24, 2.45) is 11.7 Å². The van der Waals surface area contributed by atoms with Gasteiger partial charge in [0.25, 0.3) is 0 Å². The number of amides is 1. The van der Waals surface area contributed by atoms with Crippen LogP contribution in [0.25, 0.3) is 0 Å². The van der Waals surface area contributed by atoms with Crippen molar-refractivity contribution in [2.45, 2.75) is 56.8 Å². The van der Waals surface area contributed by atoms with Crippen molar-refractivity contribution in [2.75, 3.05) is 6.54 Å². The molecule has 3 rings (SSSR count). The predicted octanol–water partition coefficient (Wildman–Crippen LogP) is 1.15. The number of carboxylic acid groups (broad SMARTS) is 1. The average Bonchev–Trinajstić information content (AvgIpc) is 2.69. The van der Waals surface area contributed by atoms with Crippen LogP contribution in [0.4, 0.5) is 0 Å². The van der Waals surface area contributed by atoms with Crippen molar-refractivity contribution < 1.29 is 29.2 Å². The summed E-state index contributed by atoms with van der Waals surface area (Å²) in [4.78, 5) is 35.3. The standard InChI is InChI=1S/C20H27BN2O6/c22-11-18(25)23-15-6-4-12(5-7-15)8-16(24)10-14-9-13-2-1-3-17(20(26)27)19(13)29-21(14)28/h1-3,12,14-15,28H,4-11,22H2,(H,23,25)(H,26,27)/t12?,14-,15?/m1/s1. The zero-order chi connectivity index (χ0) is 21.0. The first-order valence-electron chi connectivity index (χ1n) is 10.1. The van der Waals surface area contributed by atoms with Crippen LogP contribution in [0.15, 0.2) is 18.2 Å². The number of Topliss-reactive ketones (excluding diaryl/α,β-unsaturated/α-hetero) is 1. The fourth-order valence-corrected chi connectivity index (χ4v) is 4.32. The van der Waals surface area contributed by atoms with Crippen LogP contribution in [0, 0.1) is 5.92 Å². The Hall–Kier alpha value is -2.39. The summed E-state index contributed by atoms with van der Waals surface area (Å²) in [5.41, 5.74) is 6.04. The highest BCUT2D eigenvalue weighted by Gasteiger charge is 2.38. The van der Waals surface area contributed by atoms with E-state index in [0.717, 1.165) is 25.7 Å². The van der Waals surface area contributed by atoms with Crippen LogP contribution in [0.3, 0.4) is 0 Å². The van der Waals surface area contributed by atoms with Gasteiger partial charge in [-0.2, -0.15) is 0 Å². The Bertz CT molecular complexity index is 778. The van der Waals surface area contributed by atoms with E-state index in [0.29, 0.717) is 18.4 Å². The van der Waals surface area contributed by atoms with Crippen LogP contribution in [0.2, 0.25) is 5.82 Å². The Labute approximate surface area is 169 Å². The molecule has 1 aliphatic carbocycles. The molecule has 1 aromatic rings. The number of rotatable bonds is 7. The predicted molar refractivity (Wildman–Crippen MR) is 107 cm³/mol. The van der Waals surface area contributed by atoms with Gasteiger partial charge in [0.05, 0.1) is 12.1 Å². The van der Waals surface area contributed by atoms with Crippen molar-refractivity contribution >= 4 is 24.8 Å². The van der Waals surface area contributed by atoms with Crippen molar-refractivity contribution in [3.63, 3.8) is 0 Å². The summed E-state index contributed by atoms with van der Waals surface area (Å²) in [5, 5.41) is 22.5. The number of hydrogen-bond acceptors (Lipinski definition) is 6. The number of hydrogen-bond donors (Lipinski definition) is 4. The molecule has 1 aliphatic heterocycles. The molecule has 0 saturated heterocycles. The molecule has 0 unspecified atom stereocenters. The lowest BCUT2D eigenvalue weighted by atomic mass is 9.64. The highest BCUT2D eigenvalue weighted by Crippen LogP contribution is 2.37. The molecule has 156 valence electrons. The average molecular weight is 402 g/mol. The maximum absolute atomic E-state index is 12.6. The fourth-order valence-electron chi connectivity index (χ4n) is 4.32. The van der Waals surface area contributed by atoms with E-state index < -0.39 is 13.1 Å². The summed E-state index contributed by atoms with van der Waals surface area (Å²) in [6.45, 7) is -0.0126. The molecule has 0 spiro atoms. The number of fused-ring (bicyclic) bond motifs is 1. The SMILES string of the molecule is NCC(=O)NC1CCC(CC(=O)C[C@H]2Cc3cccc(C(=O)O)c3OB2O)CC1. The van der Waals surface area contributed by atoms with E-state index in [1.54, 1.807) is 12.1 Å². The highest BCUT2D eigenvalue weighted by molar-refractivity contribution is 6.47. The molecule has 9 heteroatoms. The molecule has 0 bridgehead atoms. The van der Waals surface area contributed by atoms with Gasteiger partial charge in [0.1, 0.15) is 11.5 Å². The lowest BCUT2D eigenvalue weighted by Crippen LogP contribution is -2.41. The largest absolute Gasteiger partial charge is 0.535 e. The second-order valence-corrected chi connectivity index (χ2v) is 8.01. The molecule has 1 heterocycles. The summed E-state index contributed by atoms with van der Waals surface area (Å²) in [6, 6.07) is 4.98. The van der Waals surface area contributed by atoms with Crippen molar-refractivity contribution in [1.82, 2.24) is 5.32 Å². The maximum Gasteiger partial charge on any atom is 0.526 e. The van der Waals surface area contributed by atoms with E-state index in [4.69, 9.17) is 10.4 Å². The van der Waals surface area contributed by atoms with E-state index in [1.807, 2.05) is 0 Å². The Kier molecular flexibility index (Phi) is 6.92. The minimum atomic E-state index is -1.20. The molecule has 1 atom stereocenters. The normalized spacial score (nSPS) is 23.7. The molecular weight excluding hydrogens is 375 g/mol. The van der Waals surface area contributed by atoms with Crippen LogP contribution in [0.1, 0.15) is 54.4 Å². The van der Waals surface area contributed by atoms with E-state index in [2.05, 4.69) is 5.32 Å². The molecule has 2 aliphatic rings. The van der Waals surface area contributed by atoms with E-state index >= 15 is 0 Å². The van der Waals surface area contributed by atoms with Gasteiger partial charge in [-0.3, -0.25) is 9.59 Å². The third-order valence-electron chi connectivity index (χ3n) is 5.85. The molecule has 1 amide bonds. The van der Waals surface area contributed by atoms with Crippen LogP contribution in [-0.4, -0.2) is 47.5 Å². The number of ketones is 1. The summed E-state index contributed by atoms with van der Waals surface area (Å²) >= 11 is 0. The molecule has 5 N–H and O–H groups in total. The van der Waals surface area contributed by atoms with Crippen molar-refractivity contribution in [3.05, 3.63) is 29.3 Å².